The fourth-order valence-corrected chi connectivity index (χ4v) is 4.60. The smallest absolute Gasteiger partial charge is 0.156 e. The maximum Gasteiger partial charge on any atom is 0.156 e. The lowest BCUT2D eigenvalue weighted by atomic mass is 9.78. The number of halogens is 1. The maximum absolute atomic E-state index is 5.01. The van der Waals surface area contributed by atoms with E-state index < -0.39 is 0 Å². The first-order valence-corrected chi connectivity index (χ1v) is 10.5. The molecular formula is C20H32BrN5S. The van der Waals surface area contributed by atoms with E-state index in [0.29, 0.717) is 0 Å². The first kappa shape index (κ1) is 22.2. The van der Waals surface area contributed by atoms with Crippen LogP contribution in [0.3, 0.4) is 0 Å². The van der Waals surface area contributed by atoms with E-state index in [1.54, 1.807) is 18.1 Å². The number of hydrogen-bond acceptors (Lipinski definition) is 6. The van der Waals surface area contributed by atoms with Crippen molar-refractivity contribution in [1.29, 1.82) is 0 Å². The van der Waals surface area contributed by atoms with Gasteiger partial charge in [0.05, 0.1) is 10.6 Å². The molecule has 2 heterocycles. The van der Waals surface area contributed by atoms with Crippen LogP contribution in [0.25, 0.3) is 0 Å². The number of fused-ring (bicyclic) bond motifs is 1. The van der Waals surface area contributed by atoms with Gasteiger partial charge in [-0.15, -0.1) is 17.0 Å². The van der Waals surface area contributed by atoms with E-state index in [2.05, 4.69) is 36.1 Å². The summed E-state index contributed by atoms with van der Waals surface area (Å²) in [5.74, 6) is 0.940. The number of nitrogens with one attached hydrogen (secondary N) is 1. The van der Waals surface area contributed by atoms with Crippen LogP contribution in [0.2, 0.25) is 0 Å². The number of thioether (sulfide) groups is 1. The highest BCUT2D eigenvalue weighted by Crippen LogP contribution is 2.49. The largest absolute Gasteiger partial charge is 0.361 e. The molecule has 2 aliphatic rings. The molecule has 0 atom stereocenters. The van der Waals surface area contributed by atoms with Gasteiger partial charge in [-0.2, -0.15) is 0 Å². The highest BCUT2D eigenvalue weighted by atomic mass is 79.9. The molecule has 0 aromatic carbocycles. The molecule has 1 aromatic rings. The number of nitrogens with zero attached hydrogens (tertiary/aromatic N) is 4. The molecule has 1 N–H and O–H groups in total. The molecule has 150 valence electrons. The van der Waals surface area contributed by atoms with E-state index >= 15 is 0 Å². The number of allylic oxidation sites excluding steroid dienone is 2. The summed E-state index contributed by atoms with van der Waals surface area (Å²) in [5.41, 5.74) is 3.78. The van der Waals surface area contributed by atoms with Crippen molar-refractivity contribution in [3.8, 4) is 0 Å². The van der Waals surface area contributed by atoms with Crippen molar-refractivity contribution in [1.82, 2.24) is 9.97 Å². The highest BCUT2D eigenvalue weighted by Gasteiger charge is 2.36. The number of aliphatic imine (C=N–C) groups is 1. The minimum Gasteiger partial charge on any atom is -0.361 e. The predicted octanol–water partition coefficient (Wildman–Crippen LogP) is 5.69. The van der Waals surface area contributed by atoms with Crippen LogP contribution >= 0.6 is 28.7 Å². The van der Waals surface area contributed by atoms with Gasteiger partial charge in [0.1, 0.15) is 17.0 Å². The zero-order chi connectivity index (χ0) is 18.7. The minimum absolute atomic E-state index is 0. The molecule has 5 nitrogen and oxygen atoms in total. The summed E-state index contributed by atoms with van der Waals surface area (Å²) in [6.45, 7) is 7.85. The van der Waals surface area contributed by atoms with Crippen LogP contribution in [0.15, 0.2) is 26.9 Å². The fraction of sp³-hybridized carbons (Fsp3) is 0.650. The van der Waals surface area contributed by atoms with Gasteiger partial charge >= 0.3 is 0 Å². The Labute approximate surface area is 178 Å². The molecule has 1 aromatic heterocycles. The average Bonchev–Trinajstić information content (AvgIpc) is 2.58. The summed E-state index contributed by atoms with van der Waals surface area (Å²) in [7, 11) is 4.04. The van der Waals surface area contributed by atoms with Gasteiger partial charge in [0.25, 0.3) is 0 Å². The van der Waals surface area contributed by atoms with E-state index in [-0.39, 0.29) is 22.4 Å². The van der Waals surface area contributed by atoms with Gasteiger partial charge in [-0.05, 0) is 24.7 Å². The van der Waals surface area contributed by atoms with E-state index in [4.69, 9.17) is 4.99 Å². The predicted molar refractivity (Wildman–Crippen MR) is 123 cm³/mol. The normalized spacial score (nSPS) is 19.1. The lowest BCUT2D eigenvalue weighted by Crippen LogP contribution is -2.30. The van der Waals surface area contributed by atoms with Gasteiger partial charge in [-0.25, -0.2) is 9.97 Å². The third kappa shape index (κ3) is 5.25. The number of rotatable bonds is 6. The molecule has 7 heteroatoms. The summed E-state index contributed by atoms with van der Waals surface area (Å²) in [6.07, 6.45) is 8.75. The van der Waals surface area contributed by atoms with E-state index in [9.17, 15) is 0 Å². The summed E-state index contributed by atoms with van der Waals surface area (Å²) in [6, 6.07) is 0. The quantitative estimate of drug-likeness (QED) is 0.442. The Morgan fingerprint density at radius 2 is 1.96 bits per heavy atom. The van der Waals surface area contributed by atoms with Crippen LogP contribution in [0.1, 0.15) is 59.3 Å². The fourth-order valence-electron chi connectivity index (χ4n) is 3.56. The van der Waals surface area contributed by atoms with E-state index in [1.165, 1.54) is 42.0 Å². The zero-order valence-corrected chi connectivity index (χ0v) is 19.7. The monoisotopic (exact) mass is 453 g/mol. The summed E-state index contributed by atoms with van der Waals surface area (Å²) in [5, 5.41) is 4.66. The lowest BCUT2D eigenvalue weighted by molar-refractivity contribution is 0.373. The van der Waals surface area contributed by atoms with Gasteiger partial charge < -0.3 is 10.2 Å². The van der Waals surface area contributed by atoms with Crippen molar-refractivity contribution in [3.05, 3.63) is 16.9 Å². The number of unbranched alkanes of at least 4 members (excludes halogenated alkanes) is 3. The van der Waals surface area contributed by atoms with Crippen LogP contribution in [0.4, 0.5) is 11.5 Å². The second-order valence-electron chi connectivity index (χ2n) is 8.21. The maximum atomic E-state index is 5.01. The molecule has 0 bridgehead atoms. The van der Waals surface area contributed by atoms with Crippen LogP contribution < -0.4 is 10.2 Å². The Hall–Kier alpha value is -1.08. The van der Waals surface area contributed by atoms with Crippen LogP contribution in [-0.2, 0) is 0 Å². The van der Waals surface area contributed by atoms with Crippen molar-refractivity contribution in [2.75, 3.05) is 30.9 Å². The molecule has 0 unspecified atom stereocenters. The minimum atomic E-state index is 0. The van der Waals surface area contributed by atoms with Gasteiger partial charge in [-0.3, -0.25) is 4.99 Å². The van der Waals surface area contributed by atoms with E-state index in [0.717, 1.165) is 35.9 Å². The Morgan fingerprint density at radius 3 is 2.67 bits per heavy atom. The zero-order valence-electron chi connectivity index (χ0n) is 17.1. The molecule has 0 fully saturated rings. The average molecular weight is 454 g/mol. The molecule has 0 saturated heterocycles. The Kier molecular flexibility index (Phi) is 7.74. The molecule has 0 spiro atoms. The molecule has 0 amide bonds. The molecule has 1 aliphatic carbocycles. The lowest BCUT2D eigenvalue weighted by Gasteiger charge is -2.37. The van der Waals surface area contributed by atoms with E-state index in [1.807, 2.05) is 19.0 Å². The third-order valence-electron chi connectivity index (χ3n) is 4.84. The molecule has 0 saturated carbocycles. The van der Waals surface area contributed by atoms with Crippen molar-refractivity contribution in [2.24, 2.45) is 10.4 Å². The van der Waals surface area contributed by atoms with Gasteiger partial charge in [0, 0.05) is 26.3 Å². The van der Waals surface area contributed by atoms with Gasteiger partial charge in [0.2, 0.25) is 0 Å². The molecule has 27 heavy (non-hydrogen) atoms. The Morgan fingerprint density at radius 1 is 1.19 bits per heavy atom. The highest BCUT2D eigenvalue weighted by molar-refractivity contribution is 8.93. The van der Waals surface area contributed by atoms with Crippen LogP contribution in [0, 0.1) is 5.41 Å². The van der Waals surface area contributed by atoms with Crippen LogP contribution in [-0.4, -0.2) is 36.3 Å². The standard InChI is InChI=1S/C20H31N5S.BrH/c1-6-7-8-9-10-21-14-11-20(2,3)12-15-17(14)26-19-16(24-15)18(25(4)5)22-13-23-19;/h13,24H,6-12H2,1-5H3;1H. The summed E-state index contributed by atoms with van der Waals surface area (Å²) < 4.78 is 0. The molecule has 0 radical (unpaired) electrons. The Balaban J connectivity index is 0.00000261. The second-order valence-corrected chi connectivity index (χ2v) is 9.21. The number of hydrogen-bond donors (Lipinski definition) is 1. The second kappa shape index (κ2) is 9.41. The Bertz CT molecular complexity index is 727. The van der Waals surface area contributed by atoms with Gasteiger partial charge in [0.15, 0.2) is 5.82 Å². The summed E-state index contributed by atoms with van der Waals surface area (Å²) >= 11 is 1.76. The van der Waals surface area contributed by atoms with Crippen LogP contribution in [0.5, 0.6) is 0 Å². The van der Waals surface area contributed by atoms with Crippen molar-refractivity contribution in [2.45, 2.75) is 64.3 Å². The topological polar surface area (TPSA) is 53.4 Å². The van der Waals surface area contributed by atoms with Gasteiger partial charge in [-0.1, -0.05) is 51.8 Å². The molecule has 1 aliphatic heterocycles. The number of anilines is 2. The SMILES string of the molecule is Br.CCCCCCN=C1CC(C)(C)CC2=C1Sc1ncnc(N(C)C)c1N2. The number of aromatic nitrogens is 2. The van der Waals surface area contributed by atoms with Crippen molar-refractivity contribution < 1.29 is 0 Å². The first-order chi connectivity index (χ1) is 12.4. The molecule has 3 rings (SSSR count). The first-order valence-electron chi connectivity index (χ1n) is 9.65. The third-order valence-corrected chi connectivity index (χ3v) is 6.03. The summed E-state index contributed by atoms with van der Waals surface area (Å²) in [4.78, 5) is 17.3. The van der Waals surface area contributed by atoms with Crippen molar-refractivity contribution >= 4 is 46.0 Å². The molecular weight excluding hydrogens is 422 g/mol. The van der Waals surface area contributed by atoms with Crippen molar-refractivity contribution in [3.63, 3.8) is 0 Å².